The Balaban J connectivity index is 1.88. The third-order valence-electron chi connectivity index (χ3n) is 3.07. The van der Waals surface area contributed by atoms with Gasteiger partial charge in [-0.1, -0.05) is 30.3 Å². The van der Waals surface area contributed by atoms with Crippen LogP contribution in [0.3, 0.4) is 0 Å². The van der Waals surface area contributed by atoms with E-state index >= 15 is 0 Å². The molecule has 0 heterocycles. The molecule has 0 atom stereocenters. The smallest absolute Gasteiger partial charge is 0.406 e. The van der Waals surface area contributed by atoms with E-state index in [1.54, 1.807) is 6.07 Å². The van der Waals surface area contributed by atoms with E-state index in [4.69, 9.17) is 0 Å². The molecule has 0 aromatic heterocycles. The van der Waals surface area contributed by atoms with Crippen LogP contribution in [0.25, 0.3) is 0 Å². The highest BCUT2D eigenvalue weighted by atomic mass is 19.4. The van der Waals surface area contributed by atoms with Crippen molar-refractivity contribution in [3.05, 3.63) is 65.2 Å². The number of alkyl halides is 6. The minimum Gasteiger partial charge on any atom is -0.406 e. The van der Waals surface area contributed by atoms with Crippen LogP contribution in [0.5, 0.6) is 5.75 Å². The van der Waals surface area contributed by atoms with Crippen LogP contribution >= 0.6 is 0 Å². The number of rotatable bonds is 5. The molecule has 0 aliphatic rings. The normalized spacial score (nSPS) is 12.2. The predicted molar refractivity (Wildman–Crippen MR) is 75.1 cm³/mol. The van der Waals surface area contributed by atoms with Gasteiger partial charge in [-0.25, -0.2) is 0 Å². The van der Waals surface area contributed by atoms with Gasteiger partial charge in [0.25, 0.3) is 0 Å². The third kappa shape index (κ3) is 5.77. The zero-order valence-corrected chi connectivity index (χ0v) is 12.2. The number of hydrogen-bond donors (Lipinski definition) is 1. The fourth-order valence-electron chi connectivity index (χ4n) is 2.02. The lowest BCUT2D eigenvalue weighted by atomic mass is 10.1. The first-order chi connectivity index (χ1) is 11.1. The molecule has 0 fully saturated rings. The summed E-state index contributed by atoms with van der Waals surface area (Å²) in [6.07, 6.45) is -9.15. The summed E-state index contributed by atoms with van der Waals surface area (Å²) in [7, 11) is 0. The number of halogens is 6. The first-order valence-electron chi connectivity index (χ1n) is 6.85. The second kappa shape index (κ2) is 7.12. The summed E-state index contributed by atoms with van der Waals surface area (Å²) in [4.78, 5) is 0. The van der Waals surface area contributed by atoms with Crippen LogP contribution in [0.15, 0.2) is 48.5 Å². The van der Waals surface area contributed by atoms with Crippen molar-refractivity contribution in [2.75, 3.05) is 0 Å². The van der Waals surface area contributed by atoms with E-state index < -0.39 is 18.1 Å². The molecular weight excluding hydrogens is 336 g/mol. The van der Waals surface area contributed by atoms with Gasteiger partial charge in [0.05, 0.1) is 5.56 Å². The lowest BCUT2D eigenvalue weighted by Crippen LogP contribution is -2.17. The van der Waals surface area contributed by atoms with Gasteiger partial charge in [0, 0.05) is 13.1 Å². The molecule has 130 valence electrons. The Morgan fingerprint density at radius 2 is 1.42 bits per heavy atom. The van der Waals surface area contributed by atoms with Crippen molar-refractivity contribution < 1.29 is 31.1 Å². The maximum absolute atomic E-state index is 12.6. The van der Waals surface area contributed by atoms with Crippen LogP contribution in [-0.4, -0.2) is 6.36 Å². The van der Waals surface area contributed by atoms with Crippen molar-refractivity contribution >= 4 is 0 Å². The van der Waals surface area contributed by atoms with Crippen molar-refractivity contribution in [3.63, 3.8) is 0 Å². The lowest BCUT2D eigenvalue weighted by Gasteiger charge is -2.11. The van der Waals surface area contributed by atoms with Crippen molar-refractivity contribution in [1.29, 1.82) is 0 Å². The van der Waals surface area contributed by atoms with Crippen LogP contribution in [-0.2, 0) is 19.3 Å². The van der Waals surface area contributed by atoms with Gasteiger partial charge < -0.3 is 10.1 Å². The summed E-state index contributed by atoms with van der Waals surface area (Å²) in [5.74, 6) is -0.330. The summed E-state index contributed by atoms with van der Waals surface area (Å²) >= 11 is 0. The van der Waals surface area contributed by atoms with Gasteiger partial charge in [-0.2, -0.15) is 13.2 Å². The molecule has 2 aromatic rings. The number of nitrogens with one attached hydrogen (secondary N) is 1. The van der Waals surface area contributed by atoms with Crippen molar-refractivity contribution in [2.24, 2.45) is 0 Å². The molecule has 2 nitrogen and oxygen atoms in total. The van der Waals surface area contributed by atoms with Crippen LogP contribution in [0, 0.1) is 0 Å². The Hall–Kier alpha value is -2.22. The summed E-state index contributed by atoms with van der Waals surface area (Å²) in [6, 6.07) is 10.2. The van der Waals surface area contributed by atoms with E-state index in [0.29, 0.717) is 17.7 Å². The van der Waals surface area contributed by atoms with Crippen molar-refractivity contribution in [2.45, 2.75) is 25.6 Å². The standard InChI is InChI=1S/C16H13F6NO/c17-15(18,19)13-3-1-2-12(8-13)10-23-9-11-4-6-14(7-5-11)24-16(20,21)22/h1-8,23H,9-10H2. The van der Waals surface area contributed by atoms with Gasteiger partial charge in [0.2, 0.25) is 0 Å². The zero-order chi connectivity index (χ0) is 17.8. The monoisotopic (exact) mass is 349 g/mol. The number of ether oxygens (including phenoxy) is 1. The molecule has 24 heavy (non-hydrogen) atoms. The zero-order valence-electron chi connectivity index (χ0n) is 12.2. The molecule has 2 rings (SSSR count). The highest BCUT2D eigenvalue weighted by molar-refractivity contribution is 5.28. The van der Waals surface area contributed by atoms with Crippen LogP contribution < -0.4 is 10.1 Å². The minimum atomic E-state index is -4.75. The van der Waals surface area contributed by atoms with Gasteiger partial charge in [-0.05, 0) is 29.3 Å². The van der Waals surface area contributed by atoms with Gasteiger partial charge in [0.15, 0.2) is 0 Å². The van der Waals surface area contributed by atoms with E-state index in [9.17, 15) is 26.3 Å². The average molecular weight is 349 g/mol. The molecule has 0 saturated carbocycles. The van der Waals surface area contributed by atoms with E-state index in [1.807, 2.05) is 0 Å². The minimum absolute atomic E-state index is 0.199. The summed E-state index contributed by atoms with van der Waals surface area (Å²) in [5.41, 5.74) is 0.411. The highest BCUT2D eigenvalue weighted by Gasteiger charge is 2.31. The fourth-order valence-corrected chi connectivity index (χ4v) is 2.02. The molecule has 0 amide bonds. The molecule has 0 unspecified atom stereocenters. The van der Waals surface area contributed by atoms with E-state index in [-0.39, 0.29) is 12.3 Å². The van der Waals surface area contributed by atoms with Crippen LogP contribution in [0.4, 0.5) is 26.3 Å². The Kier molecular flexibility index (Phi) is 5.38. The molecule has 8 heteroatoms. The molecule has 0 radical (unpaired) electrons. The molecule has 0 aliphatic heterocycles. The summed E-state index contributed by atoms with van der Waals surface area (Å²) in [5, 5.41) is 2.93. The average Bonchev–Trinajstić information content (AvgIpc) is 2.47. The fraction of sp³-hybridized carbons (Fsp3) is 0.250. The maximum Gasteiger partial charge on any atom is 0.573 e. The Morgan fingerprint density at radius 1 is 0.792 bits per heavy atom. The van der Waals surface area contributed by atoms with Gasteiger partial charge in [0.1, 0.15) is 5.75 Å². The van der Waals surface area contributed by atoms with E-state index in [2.05, 4.69) is 10.1 Å². The second-order valence-corrected chi connectivity index (χ2v) is 4.99. The van der Waals surface area contributed by atoms with Crippen molar-refractivity contribution in [3.8, 4) is 5.75 Å². The lowest BCUT2D eigenvalue weighted by molar-refractivity contribution is -0.274. The third-order valence-corrected chi connectivity index (χ3v) is 3.07. The molecule has 0 aliphatic carbocycles. The number of hydrogen-bond acceptors (Lipinski definition) is 2. The second-order valence-electron chi connectivity index (χ2n) is 4.99. The maximum atomic E-state index is 12.6. The Morgan fingerprint density at radius 3 is 2.00 bits per heavy atom. The predicted octanol–water partition coefficient (Wildman–Crippen LogP) is 4.89. The molecule has 0 spiro atoms. The molecule has 1 N–H and O–H groups in total. The first kappa shape index (κ1) is 18.1. The van der Waals surface area contributed by atoms with Crippen LogP contribution in [0.2, 0.25) is 0 Å². The molecule has 0 bridgehead atoms. The first-order valence-corrected chi connectivity index (χ1v) is 6.85. The van der Waals surface area contributed by atoms with E-state index in [0.717, 1.165) is 12.1 Å². The van der Waals surface area contributed by atoms with Gasteiger partial charge in [-0.15, -0.1) is 13.2 Å². The molecular formula is C16H13F6NO. The summed E-state index contributed by atoms with van der Waals surface area (Å²) in [6.45, 7) is 0.493. The Labute approximate surface area is 134 Å². The highest BCUT2D eigenvalue weighted by Crippen LogP contribution is 2.29. The summed E-state index contributed by atoms with van der Waals surface area (Å²) < 4.78 is 77.6. The van der Waals surface area contributed by atoms with Gasteiger partial charge >= 0.3 is 12.5 Å². The Bertz CT molecular complexity index is 664. The van der Waals surface area contributed by atoms with Crippen molar-refractivity contribution in [1.82, 2.24) is 5.32 Å². The molecule has 0 saturated heterocycles. The van der Waals surface area contributed by atoms with E-state index in [1.165, 1.54) is 30.3 Å². The quantitative estimate of drug-likeness (QED) is 0.776. The van der Waals surface area contributed by atoms with Gasteiger partial charge in [-0.3, -0.25) is 0 Å². The van der Waals surface area contributed by atoms with Crippen LogP contribution in [0.1, 0.15) is 16.7 Å². The SMILES string of the molecule is FC(F)(F)Oc1ccc(CNCc2cccc(C(F)(F)F)c2)cc1. The number of benzene rings is 2. The largest absolute Gasteiger partial charge is 0.573 e. The molecule has 2 aromatic carbocycles. The topological polar surface area (TPSA) is 21.3 Å².